The summed E-state index contributed by atoms with van der Waals surface area (Å²) in [5, 5.41) is 0.926. The number of nitrogens with zero attached hydrogens (tertiary/aromatic N) is 4. The maximum absolute atomic E-state index is 12.1. The Morgan fingerprint density at radius 2 is 2.00 bits per heavy atom. The minimum atomic E-state index is -3.99. The van der Waals surface area contributed by atoms with Crippen LogP contribution < -0.4 is 14.3 Å². The molecule has 0 aromatic carbocycles. The lowest BCUT2D eigenvalue weighted by Crippen LogP contribution is -2.45. The van der Waals surface area contributed by atoms with Gasteiger partial charge in [0.25, 0.3) is 0 Å². The Hall–Kier alpha value is -3.12. The summed E-state index contributed by atoms with van der Waals surface area (Å²) in [5.74, 6) is 1.66. The highest BCUT2D eigenvalue weighted by Gasteiger charge is 2.25. The third kappa shape index (κ3) is 5.63. The Labute approximate surface area is 192 Å². The average molecular weight is 477 g/mol. The second kappa shape index (κ2) is 9.02. The van der Waals surface area contributed by atoms with Gasteiger partial charge in [-0.1, -0.05) is 0 Å². The highest BCUT2D eigenvalue weighted by atomic mass is 32.2. The van der Waals surface area contributed by atoms with Crippen LogP contribution in [0.15, 0.2) is 41.4 Å². The summed E-state index contributed by atoms with van der Waals surface area (Å²) < 4.78 is 41.0. The number of carbonyl (C=O) groups excluding carboxylic acids is 1. The van der Waals surface area contributed by atoms with Gasteiger partial charge in [-0.05, 0) is 51.7 Å². The van der Waals surface area contributed by atoms with Crippen molar-refractivity contribution in [1.82, 2.24) is 24.0 Å². The third-order valence-corrected chi connectivity index (χ3v) is 6.28. The van der Waals surface area contributed by atoms with Crippen LogP contribution in [0.25, 0.3) is 16.9 Å². The van der Waals surface area contributed by atoms with Gasteiger partial charge in [-0.15, -0.1) is 0 Å². The molecule has 2 N–H and O–H groups in total. The standard InChI is InChI=1S/C21H28N6O5S/c1-21(2,3)32-20(28)25-33(29,30)24-13-15-6-9-26(10-7-15)18-16-8-11-27(17-5-4-12-31-17)19(16)23-14-22-18/h4-5,8,11-12,14-15,24H,6-7,9-10,13H2,1-3H3,(H,25,28). The van der Waals surface area contributed by atoms with Crippen LogP contribution in [0.4, 0.5) is 10.6 Å². The van der Waals surface area contributed by atoms with Crippen molar-refractivity contribution >= 4 is 33.2 Å². The lowest BCUT2D eigenvalue weighted by Gasteiger charge is -2.33. The molecular formula is C21H28N6O5S. The number of piperidine rings is 1. The van der Waals surface area contributed by atoms with Crippen molar-refractivity contribution in [2.75, 3.05) is 24.5 Å². The largest absolute Gasteiger partial charge is 0.448 e. The molecule has 11 nitrogen and oxygen atoms in total. The van der Waals surface area contributed by atoms with Crippen LogP contribution >= 0.6 is 0 Å². The fourth-order valence-corrected chi connectivity index (χ4v) is 4.58. The quantitative estimate of drug-likeness (QED) is 0.555. The number of amides is 1. The number of anilines is 1. The van der Waals surface area contributed by atoms with E-state index in [0.29, 0.717) is 5.88 Å². The third-order valence-electron chi connectivity index (χ3n) is 5.30. The van der Waals surface area contributed by atoms with Crippen molar-refractivity contribution in [3.63, 3.8) is 0 Å². The number of rotatable bonds is 6. The van der Waals surface area contributed by atoms with Crippen LogP contribution in [0.2, 0.25) is 0 Å². The van der Waals surface area contributed by atoms with Gasteiger partial charge in [0.2, 0.25) is 5.88 Å². The molecule has 1 amide bonds. The zero-order chi connectivity index (χ0) is 23.6. The van der Waals surface area contributed by atoms with E-state index in [-0.39, 0.29) is 12.5 Å². The molecule has 3 aromatic rings. The lowest BCUT2D eigenvalue weighted by molar-refractivity contribution is 0.0569. The first-order chi connectivity index (χ1) is 15.6. The van der Waals surface area contributed by atoms with Crippen molar-refractivity contribution in [1.29, 1.82) is 0 Å². The first kappa shape index (κ1) is 23.1. The number of fused-ring (bicyclic) bond motifs is 1. The molecule has 0 atom stereocenters. The van der Waals surface area contributed by atoms with Gasteiger partial charge < -0.3 is 14.1 Å². The van der Waals surface area contributed by atoms with E-state index < -0.39 is 21.9 Å². The molecule has 0 bridgehead atoms. The molecule has 0 unspecified atom stereocenters. The van der Waals surface area contributed by atoms with E-state index in [1.165, 1.54) is 0 Å². The second-order valence-corrected chi connectivity index (χ2v) is 10.5. The fraction of sp³-hybridized carbons (Fsp3) is 0.476. The molecule has 1 aliphatic rings. The van der Waals surface area contributed by atoms with Crippen LogP contribution in [0.5, 0.6) is 0 Å². The summed E-state index contributed by atoms with van der Waals surface area (Å²) in [6, 6.07) is 5.66. The Balaban J connectivity index is 1.34. The Morgan fingerprint density at radius 3 is 2.67 bits per heavy atom. The highest BCUT2D eigenvalue weighted by molar-refractivity contribution is 7.88. The maximum atomic E-state index is 12.1. The molecule has 33 heavy (non-hydrogen) atoms. The minimum Gasteiger partial charge on any atom is -0.448 e. The molecule has 1 fully saturated rings. The van der Waals surface area contributed by atoms with E-state index in [0.717, 1.165) is 42.8 Å². The van der Waals surface area contributed by atoms with E-state index in [1.54, 1.807) is 33.4 Å². The lowest BCUT2D eigenvalue weighted by atomic mass is 9.97. The number of furan rings is 1. The minimum absolute atomic E-state index is 0.140. The first-order valence-electron chi connectivity index (χ1n) is 10.7. The van der Waals surface area contributed by atoms with Crippen LogP contribution in [0.3, 0.4) is 0 Å². The number of aromatic nitrogens is 3. The predicted molar refractivity (Wildman–Crippen MR) is 122 cm³/mol. The molecule has 4 rings (SSSR count). The Kier molecular flexibility index (Phi) is 6.30. The number of nitrogens with one attached hydrogen (secondary N) is 2. The zero-order valence-electron chi connectivity index (χ0n) is 18.8. The summed E-state index contributed by atoms with van der Waals surface area (Å²) in [7, 11) is -3.99. The summed E-state index contributed by atoms with van der Waals surface area (Å²) in [4.78, 5) is 22.8. The molecule has 12 heteroatoms. The molecule has 0 saturated carbocycles. The number of hydrogen-bond donors (Lipinski definition) is 2. The van der Waals surface area contributed by atoms with E-state index in [9.17, 15) is 13.2 Å². The SMILES string of the molecule is CC(C)(C)OC(=O)NS(=O)(=O)NCC1CCN(c2ncnc3c2ccn3-c2ccco2)CC1. The van der Waals surface area contributed by atoms with Crippen molar-refractivity contribution in [2.45, 2.75) is 39.2 Å². The molecule has 4 heterocycles. The van der Waals surface area contributed by atoms with E-state index in [1.807, 2.05) is 33.7 Å². The van der Waals surface area contributed by atoms with Crippen LogP contribution in [0, 0.1) is 5.92 Å². The van der Waals surface area contributed by atoms with Crippen molar-refractivity contribution in [2.24, 2.45) is 5.92 Å². The average Bonchev–Trinajstić information content (AvgIpc) is 3.40. The number of hydrogen-bond acceptors (Lipinski definition) is 8. The smallest absolute Gasteiger partial charge is 0.422 e. The highest BCUT2D eigenvalue weighted by Crippen LogP contribution is 2.29. The molecule has 0 spiro atoms. The van der Waals surface area contributed by atoms with Gasteiger partial charge in [0.05, 0.1) is 11.6 Å². The fourth-order valence-electron chi connectivity index (χ4n) is 3.80. The van der Waals surface area contributed by atoms with Crippen LogP contribution in [-0.4, -0.2) is 54.3 Å². The van der Waals surface area contributed by atoms with E-state index in [4.69, 9.17) is 9.15 Å². The summed E-state index contributed by atoms with van der Waals surface area (Å²) >= 11 is 0. The van der Waals surface area contributed by atoms with Gasteiger partial charge >= 0.3 is 16.3 Å². The zero-order valence-corrected chi connectivity index (χ0v) is 19.6. The molecular weight excluding hydrogens is 448 g/mol. The summed E-state index contributed by atoms with van der Waals surface area (Å²) in [6.45, 7) is 6.68. The van der Waals surface area contributed by atoms with Crippen LogP contribution in [-0.2, 0) is 14.9 Å². The number of ether oxygens (including phenoxy) is 1. The normalized spacial score (nSPS) is 15.7. The van der Waals surface area contributed by atoms with Crippen molar-refractivity contribution in [3.05, 3.63) is 37.0 Å². The van der Waals surface area contributed by atoms with Crippen molar-refractivity contribution < 1.29 is 22.4 Å². The second-order valence-electron chi connectivity index (χ2n) is 8.96. The van der Waals surface area contributed by atoms with E-state index >= 15 is 0 Å². The van der Waals surface area contributed by atoms with Crippen molar-refractivity contribution in [3.8, 4) is 5.88 Å². The maximum Gasteiger partial charge on any atom is 0.422 e. The molecule has 0 aliphatic carbocycles. The van der Waals surface area contributed by atoms with Gasteiger partial charge in [0.15, 0.2) is 5.65 Å². The van der Waals surface area contributed by atoms with Gasteiger partial charge in [-0.25, -0.2) is 19.5 Å². The summed E-state index contributed by atoms with van der Waals surface area (Å²) in [5.41, 5.74) is -0.0179. The van der Waals surface area contributed by atoms with Gasteiger partial charge in [0.1, 0.15) is 17.7 Å². The molecule has 1 aliphatic heterocycles. The summed E-state index contributed by atoms with van der Waals surface area (Å²) in [6.07, 6.45) is 5.61. The monoisotopic (exact) mass is 476 g/mol. The molecule has 3 aromatic heterocycles. The van der Waals surface area contributed by atoms with Crippen LogP contribution in [0.1, 0.15) is 33.6 Å². The molecule has 1 saturated heterocycles. The topological polar surface area (TPSA) is 132 Å². The number of carbonyl (C=O) groups is 1. The van der Waals surface area contributed by atoms with Gasteiger partial charge in [0, 0.05) is 31.9 Å². The Morgan fingerprint density at radius 1 is 1.24 bits per heavy atom. The first-order valence-corrected chi connectivity index (χ1v) is 12.2. The molecule has 0 radical (unpaired) electrons. The van der Waals surface area contributed by atoms with Gasteiger partial charge in [-0.3, -0.25) is 4.57 Å². The predicted octanol–water partition coefficient (Wildman–Crippen LogP) is 2.59. The Bertz CT molecular complexity index is 1210. The van der Waals surface area contributed by atoms with E-state index in [2.05, 4.69) is 19.6 Å². The van der Waals surface area contributed by atoms with Gasteiger partial charge in [-0.2, -0.15) is 13.1 Å². The molecule has 178 valence electrons.